The average Bonchev–Trinajstić information content (AvgIpc) is 3.19. The smallest absolute Gasteiger partial charge is 0.269 e. The SMILES string of the molecule is O=C(Cc1cccs1)Nc1ccnn1-c1ccc([N+](=O)[O-])cc1. The molecule has 0 saturated heterocycles. The Kier molecular flexibility index (Phi) is 4.15. The Labute approximate surface area is 135 Å². The fourth-order valence-electron chi connectivity index (χ4n) is 2.08. The van der Waals surface area contributed by atoms with Gasteiger partial charge in [-0.25, -0.2) is 4.68 Å². The predicted octanol–water partition coefficient (Wildman–Crippen LogP) is 3.02. The van der Waals surface area contributed by atoms with Gasteiger partial charge >= 0.3 is 0 Å². The molecule has 1 aromatic carbocycles. The predicted molar refractivity (Wildman–Crippen MR) is 86.9 cm³/mol. The highest BCUT2D eigenvalue weighted by atomic mass is 32.1. The van der Waals surface area contributed by atoms with Gasteiger partial charge in [0.1, 0.15) is 5.82 Å². The fourth-order valence-corrected chi connectivity index (χ4v) is 2.78. The van der Waals surface area contributed by atoms with Crippen molar-refractivity contribution in [1.29, 1.82) is 0 Å². The van der Waals surface area contributed by atoms with E-state index in [0.29, 0.717) is 17.9 Å². The highest BCUT2D eigenvalue weighted by Crippen LogP contribution is 2.19. The minimum absolute atomic E-state index is 0.00388. The fraction of sp³-hybridized carbons (Fsp3) is 0.0667. The van der Waals surface area contributed by atoms with E-state index in [1.54, 1.807) is 24.4 Å². The van der Waals surface area contributed by atoms with Gasteiger partial charge < -0.3 is 5.32 Å². The van der Waals surface area contributed by atoms with Gasteiger partial charge in [-0.3, -0.25) is 14.9 Å². The van der Waals surface area contributed by atoms with Gasteiger partial charge in [0, 0.05) is 23.1 Å². The van der Waals surface area contributed by atoms with Crippen LogP contribution in [-0.4, -0.2) is 20.6 Å². The molecular formula is C15H12N4O3S. The topological polar surface area (TPSA) is 90.1 Å². The lowest BCUT2D eigenvalue weighted by Gasteiger charge is -2.08. The Morgan fingerprint density at radius 3 is 2.70 bits per heavy atom. The van der Waals surface area contributed by atoms with Gasteiger partial charge in [-0.1, -0.05) is 6.07 Å². The molecule has 0 saturated carbocycles. The number of benzene rings is 1. The van der Waals surface area contributed by atoms with Crippen molar-refractivity contribution in [1.82, 2.24) is 9.78 Å². The first-order chi connectivity index (χ1) is 11.1. The van der Waals surface area contributed by atoms with Crippen LogP contribution in [0.1, 0.15) is 4.88 Å². The number of rotatable bonds is 5. The minimum Gasteiger partial charge on any atom is -0.310 e. The molecule has 116 valence electrons. The van der Waals surface area contributed by atoms with Crippen LogP contribution in [0.3, 0.4) is 0 Å². The zero-order valence-corrected chi connectivity index (χ0v) is 12.7. The third-order valence-corrected chi connectivity index (χ3v) is 4.01. The van der Waals surface area contributed by atoms with Gasteiger partial charge in [-0.2, -0.15) is 5.10 Å². The van der Waals surface area contributed by atoms with E-state index in [0.717, 1.165) is 4.88 Å². The average molecular weight is 328 g/mol. The number of aromatic nitrogens is 2. The zero-order valence-electron chi connectivity index (χ0n) is 11.9. The molecular weight excluding hydrogens is 316 g/mol. The van der Waals surface area contributed by atoms with Crippen molar-refractivity contribution in [3.8, 4) is 5.69 Å². The number of non-ortho nitro benzene ring substituents is 1. The molecule has 3 aromatic rings. The Morgan fingerprint density at radius 1 is 1.26 bits per heavy atom. The quantitative estimate of drug-likeness (QED) is 0.576. The van der Waals surface area contributed by atoms with E-state index in [1.807, 2.05) is 17.5 Å². The number of carbonyl (C=O) groups excluding carboxylic acids is 1. The van der Waals surface area contributed by atoms with Gasteiger partial charge in [0.2, 0.25) is 5.91 Å². The molecule has 0 radical (unpaired) electrons. The Hall–Kier alpha value is -3.00. The van der Waals surface area contributed by atoms with Gasteiger partial charge in [0.15, 0.2) is 0 Å². The molecule has 1 amide bonds. The van der Waals surface area contributed by atoms with Crippen LogP contribution in [-0.2, 0) is 11.2 Å². The molecule has 0 atom stereocenters. The summed E-state index contributed by atoms with van der Waals surface area (Å²) in [7, 11) is 0. The maximum Gasteiger partial charge on any atom is 0.269 e. The molecule has 0 aliphatic carbocycles. The van der Waals surface area contributed by atoms with Gasteiger partial charge in [0.05, 0.1) is 23.2 Å². The van der Waals surface area contributed by atoms with Crippen molar-refractivity contribution < 1.29 is 9.72 Å². The van der Waals surface area contributed by atoms with E-state index in [-0.39, 0.29) is 11.6 Å². The second-order valence-electron chi connectivity index (χ2n) is 4.71. The number of hydrogen-bond acceptors (Lipinski definition) is 5. The van der Waals surface area contributed by atoms with E-state index < -0.39 is 4.92 Å². The maximum atomic E-state index is 12.1. The third-order valence-electron chi connectivity index (χ3n) is 3.13. The molecule has 0 fully saturated rings. The molecule has 0 aliphatic heterocycles. The molecule has 7 nitrogen and oxygen atoms in total. The third kappa shape index (κ3) is 3.43. The lowest BCUT2D eigenvalue weighted by molar-refractivity contribution is -0.384. The number of nitro groups is 1. The number of nitro benzene ring substituents is 1. The van der Waals surface area contributed by atoms with Gasteiger partial charge in [0.25, 0.3) is 5.69 Å². The number of carbonyl (C=O) groups is 1. The van der Waals surface area contributed by atoms with Crippen molar-refractivity contribution in [2.75, 3.05) is 5.32 Å². The van der Waals surface area contributed by atoms with E-state index in [9.17, 15) is 14.9 Å². The molecule has 2 heterocycles. The Morgan fingerprint density at radius 2 is 2.04 bits per heavy atom. The molecule has 23 heavy (non-hydrogen) atoms. The molecule has 2 aromatic heterocycles. The summed E-state index contributed by atoms with van der Waals surface area (Å²) in [5.74, 6) is 0.372. The highest BCUT2D eigenvalue weighted by molar-refractivity contribution is 7.10. The monoisotopic (exact) mass is 328 g/mol. The summed E-state index contributed by atoms with van der Waals surface area (Å²) in [5, 5.41) is 19.6. The lowest BCUT2D eigenvalue weighted by atomic mass is 10.3. The summed E-state index contributed by atoms with van der Waals surface area (Å²) >= 11 is 1.52. The van der Waals surface area contributed by atoms with Crippen molar-refractivity contribution in [2.24, 2.45) is 0 Å². The number of nitrogens with zero attached hydrogens (tertiary/aromatic N) is 3. The van der Waals surface area contributed by atoms with Crippen LogP contribution in [0.4, 0.5) is 11.5 Å². The van der Waals surface area contributed by atoms with Crippen molar-refractivity contribution in [2.45, 2.75) is 6.42 Å². The first-order valence-corrected chi connectivity index (χ1v) is 7.62. The normalized spacial score (nSPS) is 10.4. The van der Waals surface area contributed by atoms with Crippen LogP contribution in [0.25, 0.3) is 5.69 Å². The summed E-state index contributed by atoms with van der Waals surface area (Å²) < 4.78 is 1.52. The van der Waals surface area contributed by atoms with E-state index >= 15 is 0 Å². The Balaban J connectivity index is 1.76. The molecule has 0 spiro atoms. The second-order valence-corrected chi connectivity index (χ2v) is 5.74. The van der Waals surface area contributed by atoms with Crippen LogP contribution < -0.4 is 5.32 Å². The molecule has 3 rings (SSSR count). The van der Waals surface area contributed by atoms with Gasteiger partial charge in [-0.05, 0) is 23.6 Å². The van der Waals surface area contributed by atoms with Crippen molar-refractivity contribution in [3.05, 3.63) is 69.0 Å². The lowest BCUT2D eigenvalue weighted by Crippen LogP contribution is -2.16. The molecule has 0 unspecified atom stereocenters. The van der Waals surface area contributed by atoms with Crippen LogP contribution >= 0.6 is 11.3 Å². The van der Waals surface area contributed by atoms with Crippen molar-refractivity contribution in [3.63, 3.8) is 0 Å². The minimum atomic E-state index is -0.462. The summed E-state index contributed by atoms with van der Waals surface area (Å²) in [6.07, 6.45) is 1.85. The molecule has 0 bridgehead atoms. The number of hydrogen-bond donors (Lipinski definition) is 1. The first kappa shape index (κ1) is 14.9. The highest BCUT2D eigenvalue weighted by Gasteiger charge is 2.11. The molecule has 1 N–H and O–H groups in total. The molecule has 0 aliphatic rings. The van der Waals surface area contributed by atoms with E-state index in [1.165, 1.54) is 28.2 Å². The number of anilines is 1. The molecule has 8 heteroatoms. The van der Waals surface area contributed by atoms with E-state index in [2.05, 4.69) is 10.4 Å². The van der Waals surface area contributed by atoms with Crippen LogP contribution in [0.5, 0.6) is 0 Å². The number of nitrogens with one attached hydrogen (secondary N) is 1. The Bertz CT molecular complexity index is 825. The summed E-state index contributed by atoms with van der Waals surface area (Å²) in [5.41, 5.74) is 0.635. The summed E-state index contributed by atoms with van der Waals surface area (Å²) in [6.45, 7) is 0. The standard InChI is InChI=1S/C15H12N4O3S/c20-15(10-13-2-1-9-23-13)17-14-7-8-16-18(14)11-3-5-12(6-4-11)19(21)22/h1-9H,10H2,(H,17,20). The van der Waals surface area contributed by atoms with Crippen LogP contribution in [0.15, 0.2) is 54.0 Å². The van der Waals surface area contributed by atoms with Crippen molar-refractivity contribution >= 4 is 28.7 Å². The van der Waals surface area contributed by atoms with Crippen LogP contribution in [0.2, 0.25) is 0 Å². The van der Waals surface area contributed by atoms with Crippen LogP contribution in [0, 0.1) is 10.1 Å². The van der Waals surface area contributed by atoms with Gasteiger partial charge in [-0.15, -0.1) is 11.3 Å². The first-order valence-electron chi connectivity index (χ1n) is 6.74. The number of amides is 1. The summed E-state index contributed by atoms with van der Waals surface area (Å²) in [4.78, 5) is 23.3. The maximum absolute atomic E-state index is 12.1. The summed E-state index contributed by atoms with van der Waals surface area (Å²) in [6, 6.07) is 11.4. The zero-order chi connectivity index (χ0) is 16.2. The van der Waals surface area contributed by atoms with E-state index in [4.69, 9.17) is 0 Å². The number of thiophene rings is 1. The second kappa shape index (κ2) is 6.41. The largest absolute Gasteiger partial charge is 0.310 e.